The van der Waals surface area contributed by atoms with Crippen LogP contribution in [0, 0.1) is 0 Å². The van der Waals surface area contributed by atoms with Gasteiger partial charge in [-0.15, -0.1) is 0 Å². The fourth-order valence-electron chi connectivity index (χ4n) is 2.21. The third-order valence-electron chi connectivity index (χ3n) is 3.72. The molecule has 0 bridgehead atoms. The molecule has 0 heterocycles. The second-order valence-corrected chi connectivity index (χ2v) is 7.20. The van der Waals surface area contributed by atoms with Crippen molar-refractivity contribution in [2.24, 2.45) is 0 Å². The Morgan fingerprint density at radius 2 is 1.96 bits per heavy atom. The minimum atomic E-state index is 0.0718. The van der Waals surface area contributed by atoms with Crippen LogP contribution in [0.1, 0.15) is 24.5 Å². The summed E-state index contributed by atoms with van der Waals surface area (Å²) in [4.78, 5) is 0. The lowest BCUT2D eigenvalue weighted by Gasteiger charge is -2.17. The highest BCUT2D eigenvalue weighted by atomic mass is 79.9. The summed E-state index contributed by atoms with van der Waals surface area (Å²) < 4.78 is 6.93. The maximum Gasteiger partial charge on any atom is 0.124 e. The summed E-state index contributed by atoms with van der Waals surface area (Å²) in [5.41, 5.74) is 1.89. The molecular formula is C18H20BrCl2NO2. The van der Waals surface area contributed by atoms with Crippen LogP contribution in [-0.4, -0.2) is 17.8 Å². The van der Waals surface area contributed by atoms with Gasteiger partial charge in [-0.1, -0.05) is 52.1 Å². The summed E-state index contributed by atoms with van der Waals surface area (Å²) >= 11 is 15.6. The lowest BCUT2D eigenvalue weighted by Crippen LogP contribution is -2.31. The molecule has 0 aromatic heterocycles. The van der Waals surface area contributed by atoms with Gasteiger partial charge in [0.05, 0.1) is 6.61 Å². The van der Waals surface area contributed by atoms with Crippen molar-refractivity contribution in [2.75, 3.05) is 6.61 Å². The standard InChI is InChI=1S/C18H20BrCl2NO2/c1-2-16(10-23)22-9-13-7-14(19)4-6-18(13)24-11-12-3-5-15(20)8-17(12)21/h3-8,16,22-23H,2,9-11H2,1H3. The van der Waals surface area contributed by atoms with Crippen LogP contribution in [0.15, 0.2) is 40.9 Å². The molecule has 0 saturated heterocycles. The molecule has 130 valence electrons. The van der Waals surface area contributed by atoms with Gasteiger partial charge in [-0.05, 0) is 36.8 Å². The zero-order valence-corrected chi connectivity index (χ0v) is 16.5. The molecule has 0 aliphatic rings. The molecule has 2 rings (SSSR count). The van der Waals surface area contributed by atoms with Gasteiger partial charge in [-0.2, -0.15) is 0 Å². The summed E-state index contributed by atoms with van der Waals surface area (Å²) in [5.74, 6) is 0.782. The van der Waals surface area contributed by atoms with E-state index < -0.39 is 0 Å². The van der Waals surface area contributed by atoms with Crippen LogP contribution in [-0.2, 0) is 13.2 Å². The minimum Gasteiger partial charge on any atom is -0.489 e. The molecule has 0 saturated carbocycles. The number of benzene rings is 2. The van der Waals surface area contributed by atoms with Crippen molar-refractivity contribution in [1.29, 1.82) is 0 Å². The van der Waals surface area contributed by atoms with Crippen LogP contribution in [0.25, 0.3) is 0 Å². The Morgan fingerprint density at radius 3 is 2.62 bits per heavy atom. The van der Waals surface area contributed by atoms with Crippen molar-refractivity contribution >= 4 is 39.1 Å². The predicted molar refractivity (Wildman–Crippen MR) is 103 cm³/mol. The number of aliphatic hydroxyl groups excluding tert-OH is 1. The second-order valence-electron chi connectivity index (χ2n) is 5.45. The van der Waals surface area contributed by atoms with Crippen LogP contribution in [0.5, 0.6) is 5.75 Å². The topological polar surface area (TPSA) is 41.5 Å². The average molecular weight is 433 g/mol. The predicted octanol–water partition coefficient (Wildman–Crippen LogP) is 5.20. The quantitative estimate of drug-likeness (QED) is 0.602. The summed E-state index contributed by atoms with van der Waals surface area (Å²) in [6.07, 6.45) is 0.862. The molecular weight excluding hydrogens is 413 g/mol. The molecule has 2 N–H and O–H groups in total. The van der Waals surface area contributed by atoms with Gasteiger partial charge in [0.15, 0.2) is 0 Å². The molecule has 0 aliphatic carbocycles. The van der Waals surface area contributed by atoms with Crippen molar-refractivity contribution in [1.82, 2.24) is 5.32 Å². The number of ether oxygens (including phenoxy) is 1. The highest BCUT2D eigenvalue weighted by Gasteiger charge is 2.10. The Bertz CT molecular complexity index is 678. The summed E-state index contributed by atoms with van der Waals surface area (Å²) in [6.45, 7) is 3.12. The molecule has 1 atom stereocenters. The molecule has 0 amide bonds. The van der Waals surface area contributed by atoms with E-state index >= 15 is 0 Å². The molecule has 2 aromatic carbocycles. The molecule has 24 heavy (non-hydrogen) atoms. The van der Waals surface area contributed by atoms with Crippen molar-refractivity contribution in [2.45, 2.75) is 32.5 Å². The highest BCUT2D eigenvalue weighted by Crippen LogP contribution is 2.26. The largest absolute Gasteiger partial charge is 0.489 e. The minimum absolute atomic E-state index is 0.0718. The number of hydrogen-bond acceptors (Lipinski definition) is 3. The molecule has 1 unspecified atom stereocenters. The van der Waals surface area contributed by atoms with E-state index in [1.165, 1.54) is 0 Å². The van der Waals surface area contributed by atoms with Gasteiger partial charge in [-0.3, -0.25) is 0 Å². The third kappa shape index (κ3) is 5.64. The van der Waals surface area contributed by atoms with E-state index in [2.05, 4.69) is 21.2 Å². The van der Waals surface area contributed by atoms with E-state index in [1.54, 1.807) is 12.1 Å². The Kier molecular flexibility index (Phi) is 7.85. The zero-order chi connectivity index (χ0) is 17.5. The highest BCUT2D eigenvalue weighted by molar-refractivity contribution is 9.10. The van der Waals surface area contributed by atoms with Gasteiger partial charge in [0, 0.05) is 38.2 Å². The van der Waals surface area contributed by atoms with Gasteiger partial charge >= 0.3 is 0 Å². The first-order valence-electron chi connectivity index (χ1n) is 7.72. The maximum atomic E-state index is 9.30. The molecule has 0 fully saturated rings. The molecule has 0 spiro atoms. The van der Waals surface area contributed by atoms with E-state index in [0.717, 1.165) is 27.8 Å². The van der Waals surface area contributed by atoms with Crippen LogP contribution in [0.4, 0.5) is 0 Å². The number of nitrogens with one attached hydrogen (secondary N) is 1. The van der Waals surface area contributed by atoms with Crippen LogP contribution < -0.4 is 10.1 Å². The zero-order valence-electron chi connectivity index (χ0n) is 13.4. The van der Waals surface area contributed by atoms with E-state index in [-0.39, 0.29) is 12.6 Å². The monoisotopic (exact) mass is 431 g/mol. The van der Waals surface area contributed by atoms with Crippen LogP contribution in [0.3, 0.4) is 0 Å². The first-order valence-corrected chi connectivity index (χ1v) is 9.27. The van der Waals surface area contributed by atoms with Crippen molar-refractivity contribution in [3.05, 3.63) is 62.0 Å². The number of hydrogen-bond donors (Lipinski definition) is 2. The first kappa shape index (κ1) is 19.5. The van der Waals surface area contributed by atoms with E-state index in [9.17, 15) is 5.11 Å². The van der Waals surface area contributed by atoms with Crippen molar-refractivity contribution in [3.63, 3.8) is 0 Å². The number of aliphatic hydroxyl groups is 1. The number of rotatable bonds is 8. The van der Waals surface area contributed by atoms with Gasteiger partial charge < -0.3 is 15.2 Å². The van der Waals surface area contributed by atoms with Crippen molar-refractivity contribution < 1.29 is 9.84 Å². The Morgan fingerprint density at radius 1 is 1.17 bits per heavy atom. The SMILES string of the molecule is CCC(CO)NCc1cc(Br)ccc1OCc1ccc(Cl)cc1Cl. The van der Waals surface area contributed by atoms with Crippen LogP contribution >= 0.6 is 39.1 Å². The van der Waals surface area contributed by atoms with Crippen LogP contribution in [0.2, 0.25) is 10.0 Å². The van der Waals surface area contributed by atoms with E-state index in [1.807, 2.05) is 31.2 Å². The fourth-order valence-corrected chi connectivity index (χ4v) is 3.09. The summed E-state index contributed by atoms with van der Waals surface area (Å²) in [6, 6.07) is 11.3. The van der Waals surface area contributed by atoms with Gasteiger partial charge in [-0.25, -0.2) is 0 Å². The van der Waals surface area contributed by atoms with Crippen molar-refractivity contribution in [3.8, 4) is 5.75 Å². The third-order valence-corrected chi connectivity index (χ3v) is 4.80. The van der Waals surface area contributed by atoms with E-state index in [0.29, 0.717) is 23.2 Å². The second kappa shape index (κ2) is 9.64. The average Bonchev–Trinajstić information content (AvgIpc) is 2.56. The molecule has 0 radical (unpaired) electrons. The van der Waals surface area contributed by atoms with Gasteiger partial charge in [0.1, 0.15) is 12.4 Å². The normalized spacial score (nSPS) is 12.2. The molecule has 2 aromatic rings. The van der Waals surface area contributed by atoms with E-state index in [4.69, 9.17) is 27.9 Å². The van der Waals surface area contributed by atoms with Gasteiger partial charge in [0.25, 0.3) is 0 Å². The first-order chi connectivity index (χ1) is 11.5. The lowest BCUT2D eigenvalue weighted by atomic mass is 10.1. The Balaban J connectivity index is 2.08. The Hall–Kier alpha value is -0.780. The lowest BCUT2D eigenvalue weighted by molar-refractivity contribution is 0.237. The molecule has 6 heteroatoms. The fraction of sp³-hybridized carbons (Fsp3) is 0.333. The smallest absolute Gasteiger partial charge is 0.124 e. The molecule has 0 aliphatic heterocycles. The molecule has 3 nitrogen and oxygen atoms in total. The summed E-state index contributed by atoms with van der Waals surface area (Å²) in [5, 5.41) is 13.8. The number of halogens is 3. The Labute approximate surface area is 161 Å². The maximum absolute atomic E-state index is 9.30. The summed E-state index contributed by atoms with van der Waals surface area (Å²) in [7, 11) is 0. The van der Waals surface area contributed by atoms with Gasteiger partial charge in [0.2, 0.25) is 0 Å².